The zero-order valence-electron chi connectivity index (χ0n) is 63.8. The van der Waals surface area contributed by atoms with Crippen molar-refractivity contribution >= 4 is 227 Å². The van der Waals surface area contributed by atoms with Crippen molar-refractivity contribution in [3.8, 4) is 46.3 Å². The molecule has 8 aromatic heterocycles. The third kappa shape index (κ3) is 9.37. The quantitative estimate of drug-likeness (QED) is 0.155. The number of nitriles is 2. The zero-order valence-corrected chi connectivity index (χ0v) is 65.4. The zero-order chi connectivity index (χ0) is 79.3. The fraction of sp³-hybridized carbons (Fsp3) is 0. The summed E-state index contributed by atoms with van der Waals surface area (Å²) in [5.74, 6) is 0. The van der Waals surface area contributed by atoms with Crippen molar-refractivity contribution < 1.29 is 0 Å². The monoisotopic (exact) mass is 1560 g/mol. The van der Waals surface area contributed by atoms with E-state index in [0.717, 1.165) is 131 Å². The molecular formula is C108H58N10S2. The lowest BCUT2D eigenvalue weighted by atomic mass is 10.0. The summed E-state index contributed by atoms with van der Waals surface area (Å²) in [7, 11) is 0. The van der Waals surface area contributed by atoms with E-state index in [9.17, 15) is 10.5 Å². The molecule has 18 aromatic carbocycles. The Kier molecular flexibility index (Phi) is 14.3. The molecule has 26 aromatic rings. The number of benzene rings is 18. The number of rotatable bonds is 6. The van der Waals surface area contributed by atoms with Gasteiger partial charge in [-0.2, -0.15) is 10.5 Å². The Bertz CT molecular complexity index is 8710. The first-order valence-corrected chi connectivity index (χ1v) is 41.5. The van der Waals surface area contributed by atoms with Crippen molar-refractivity contribution in [1.82, 2.24) is 27.4 Å². The van der Waals surface area contributed by atoms with Gasteiger partial charge in [-0.05, 0) is 143 Å². The van der Waals surface area contributed by atoms with Crippen LogP contribution in [0.4, 0.5) is 11.4 Å². The number of nitrogens with zero attached hydrogens (tertiary/aromatic N) is 10. The van der Waals surface area contributed by atoms with Gasteiger partial charge in [-0.3, -0.25) is 0 Å². The van der Waals surface area contributed by atoms with Crippen LogP contribution in [-0.4, -0.2) is 27.4 Å². The molecule has 0 fully saturated rings. The molecule has 120 heavy (non-hydrogen) atoms. The first-order chi connectivity index (χ1) is 59.4. The van der Waals surface area contributed by atoms with E-state index in [1.54, 1.807) is 22.7 Å². The van der Waals surface area contributed by atoms with Gasteiger partial charge in [-0.15, -0.1) is 22.7 Å². The summed E-state index contributed by atoms with van der Waals surface area (Å²) in [5, 5.41) is 45.6. The average molecular weight is 1560 g/mol. The highest BCUT2D eigenvalue weighted by molar-refractivity contribution is 7.27. The van der Waals surface area contributed by atoms with E-state index in [1.807, 2.05) is 48.5 Å². The summed E-state index contributed by atoms with van der Waals surface area (Å²) in [6.07, 6.45) is 0. The highest BCUT2D eigenvalue weighted by Crippen LogP contribution is 2.51. The van der Waals surface area contributed by atoms with Crippen molar-refractivity contribution in [3.05, 3.63) is 386 Å². The fourth-order valence-electron chi connectivity index (χ4n) is 19.9. The molecule has 0 atom stereocenters. The molecule has 0 bridgehead atoms. The minimum atomic E-state index is 0.454. The number of thiophene rings is 2. The van der Waals surface area contributed by atoms with Crippen LogP contribution in [0.3, 0.4) is 0 Å². The summed E-state index contributed by atoms with van der Waals surface area (Å²) < 4.78 is 18.3. The normalized spacial score (nSPS) is 12.0. The van der Waals surface area contributed by atoms with E-state index < -0.39 is 0 Å². The average Bonchev–Trinajstić information content (AvgIpc) is 1.55. The molecule has 0 aliphatic heterocycles. The van der Waals surface area contributed by atoms with Gasteiger partial charge in [0, 0.05) is 107 Å². The van der Waals surface area contributed by atoms with Gasteiger partial charge in [0.25, 0.3) is 0 Å². The summed E-state index contributed by atoms with van der Waals surface area (Å²) in [5.41, 5.74) is 19.2. The van der Waals surface area contributed by atoms with Crippen LogP contribution in [0.15, 0.2) is 352 Å². The highest BCUT2D eigenvalue weighted by atomic mass is 32.1. The van der Waals surface area contributed by atoms with Crippen LogP contribution in [0.2, 0.25) is 0 Å². The molecule has 10 nitrogen and oxygen atoms in total. The first-order valence-electron chi connectivity index (χ1n) is 39.9. The van der Waals surface area contributed by atoms with Crippen LogP contribution in [0.5, 0.6) is 0 Å². The number of hydrogen-bond acceptors (Lipinski definition) is 4. The fourth-order valence-corrected chi connectivity index (χ4v) is 22.4. The third-order valence-electron chi connectivity index (χ3n) is 24.9. The van der Waals surface area contributed by atoms with Crippen LogP contribution < -0.4 is 0 Å². The minimum absolute atomic E-state index is 0.454. The van der Waals surface area contributed by atoms with E-state index in [0.29, 0.717) is 45.3 Å². The van der Waals surface area contributed by atoms with E-state index in [1.165, 1.54) is 72.7 Å². The Morgan fingerprint density at radius 3 is 0.925 bits per heavy atom. The lowest BCUT2D eigenvalue weighted by molar-refractivity contribution is 1.14. The van der Waals surface area contributed by atoms with Crippen molar-refractivity contribution in [3.63, 3.8) is 0 Å². The number of para-hydroxylation sites is 8. The minimum Gasteiger partial charge on any atom is -0.319 e. The summed E-state index contributed by atoms with van der Waals surface area (Å²) >= 11 is 3.59. The van der Waals surface area contributed by atoms with Gasteiger partial charge < -0.3 is 27.4 Å². The second-order valence-electron chi connectivity index (χ2n) is 30.9. The van der Waals surface area contributed by atoms with Gasteiger partial charge in [-0.1, -0.05) is 231 Å². The molecular weight excluding hydrogens is 1500 g/mol. The lowest BCUT2D eigenvalue weighted by Gasteiger charge is -2.16. The van der Waals surface area contributed by atoms with Gasteiger partial charge in [-0.25, -0.2) is 9.69 Å². The van der Waals surface area contributed by atoms with Crippen LogP contribution in [0.1, 0.15) is 11.1 Å². The molecule has 8 heterocycles. The van der Waals surface area contributed by atoms with E-state index in [4.69, 9.17) is 13.1 Å². The molecule has 0 aliphatic rings. The maximum Gasteiger partial charge on any atom is 0.212 e. The molecule has 0 spiro atoms. The molecule has 26 rings (SSSR count). The van der Waals surface area contributed by atoms with Crippen LogP contribution in [-0.2, 0) is 0 Å². The summed E-state index contributed by atoms with van der Waals surface area (Å²) in [6, 6.07) is 129. The Hall–Kier alpha value is -16.3. The van der Waals surface area contributed by atoms with Gasteiger partial charge >= 0.3 is 0 Å². The summed E-state index contributed by atoms with van der Waals surface area (Å²) in [4.78, 5) is 8.49. The van der Waals surface area contributed by atoms with Crippen molar-refractivity contribution in [2.45, 2.75) is 0 Å². The van der Waals surface area contributed by atoms with E-state index >= 15 is 0 Å². The number of aromatic nitrogens is 6. The molecule has 0 radical (unpaired) electrons. The molecule has 0 saturated carbocycles. The molecule has 0 unspecified atom stereocenters. The van der Waals surface area contributed by atoms with Crippen molar-refractivity contribution in [1.29, 1.82) is 10.5 Å². The smallest absolute Gasteiger partial charge is 0.212 e. The Labute approximate surface area is 691 Å². The summed E-state index contributed by atoms with van der Waals surface area (Å²) in [6.45, 7) is 17.5. The third-order valence-corrected chi connectivity index (χ3v) is 27.3. The molecule has 0 aliphatic carbocycles. The molecule has 12 heteroatoms. The number of hydrogen-bond donors (Lipinski definition) is 0. The molecule has 0 N–H and O–H groups in total. The van der Waals surface area contributed by atoms with E-state index in [-0.39, 0.29) is 0 Å². The van der Waals surface area contributed by atoms with Gasteiger partial charge in [0.05, 0.1) is 123 Å². The second-order valence-corrected chi connectivity index (χ2v) is 33.0. The van der Waals surface area contributed by atoms with Crippen molar-refractivity contribution in [2.75, 3.05) is 0 Å². The Morgan fingerprint density at radius 2 is 0.533 bits per heavy atom. The van der Waals surface area contributed by atoms with E-state index in [2.05, 4.69) is 353 Å². The van der Waals surface area contributed by atoms with Gasteiger partial charge in [0.15, 0.2) is 0 Å². The predicted molar refractivity (Wildman–Crippen MR) is 502 cm³/mol. The second kappa shape index (κ2) is 25.6. The molecule has 0 saturated heterocycles. The maximum atomic E-state index is 11.2. The first kappa shape index (κ1) is 67.1. The van der Waals surface area contributed by atoms with Crippen LogP contribution >= 0.6 is 22.7 Å². The maximum absolute atomic E-state index is 11.2. The van der Waals surface area contributed by atoms with Gasteiger partial charge in [0.2, 0.25) is 11.4 Å². The predicted octanol–water partition coefficient (Wildman–Crippen LogP) is 29.8. The van der Waals surface area contributed by atoms with Crippen molar-refractivity contribution in [2.24, 2.45) is 0 Å². The SMILES string of the molecule is [C-]#[N+]c1cc(-n2c3ccccc3c3cc4c5ccccc5n(-c5ccccc5)c4cc32)c(C#N)cc1-n1c2ccccc2c2cc3c4ccccc4n(-c4ccccc4)c3cc21.[C-]#[N+]c1cc(-n2c3ccccc3c3ccc4c(sc5ccc6ccccc6c54)c32)c(C#N)cc1-n1c2ccccc2c2ccc3c(sc4ccc5ccccc5c43)c21. The Morgan fingerprint density at radius 1 is 0.233 bits per heavy atom. The Balaban J connectivity index is 0.000000133. The molecule has 552 valence electrons. The largest absolute Gasteiger partial charge is 0.319 e. The van der Waals surface area contributed by atoms with Crippen LogP contribution in [0, 0.1) is 35.8 Å². The van der Waals surface area contributed by atoms with Gasteiger partial charge in [0.1, 0.15) is 12.1 Å². The standard InChI is InChI=1S/C56H32N6.C52H26N4S2/c1-58-46-31-51(61-49-26-14-10-22-40(49)44-29-42-38-20-8-12-24-47(38)59(52(42)32-54(44)61)36-16-4-2-5-17-36)35(34-57)28-56(46)62-50-27-15-11-23-41(50)45-30-43-39-21-9-13-25-48(39)60(53(43)33-55(45)62)37-18-6-3-7-19-37;1-54-40-27-43(55-41-16-8-6-14-34(41)36-20-22-38-47-32-12-4-2-10-29(32)18-24-45(47)57-51(38)49(36)55)31(28-53)26-44(40)56-42-17-9-7-15-35(42)37-21-23-39-48-33-13-5-3-11-30(33)19-25-46(48)58-52(39)50(37)56/h2-33H;2-27H. The highest BCUT2D eigenvalue weighted by Gasteiger charge is 2.29. The lowest BCUT2D eigenvalue weighted by Crippen LogP contribution is -2.02. The topological polar surface area (TPSA) is 85.9 Å². The van der Waals surface area contributed by atoms with Crippen LogP contribution in [0.25, 0.3) is 237 Å². The molecule has 0 amide bonds. The number of fused-ring (bicyclic) bond motifs is 30.